The van der Waals surface area contributed by atoms with E-state index in [1.165, 1.54) is 11.1 Å². The Morgan fingerprint density at radius 1 is 1.23 bits per heavy atom. The van der Waals surface area contributed by atoms with E-state index >= 15 is 0 Å². The van der Waals surface area contributed by atoms with Crippen LogP contribution in [0, 0.1) is 6.92 Å². The van der Waals surface area contributed by atoms with Gasteiger partial charge in [0.2, 0.25) is 0 Å². The van der Waals surface area contributed by atoms with Gasteiger partial charge in [-0.1, -0.05) is 24.3 Å². The lowest BCUT2D eigenvalue weighted by atomic mass is 10.0. The second-order valence-electron chi connectivity index (χ2n) is 7.52. The fourth-order valence-corrected chi connectivity index (χ4v) is 3.70. The van der Waals surface area contributed by atoms with Gasteiger partial charge in [0.15, 0.2) is 5.96 Å². The van der Waals surface area contributed by atoms with Crippen LogP contribution in [-0.4, -0.2) is 63.0 Å². The largest absolute Gasteiger partial charge is 0.497 e. The summed E-state index contributed by atoms with van der Waals surface area (Å²) in [5.74, 6) is 2.05. The molecule has 2 aromatic rings. The van der Waals surface area contributed by atoms with Crippen LogP contribution in [0.1, 0.15) is 35.8 Å². The number of aliphatic hydroxyl groups excluding tert-OH is 1. The molecule has 0 spiro atoms. The third-order valence-corrected chi connectivity index (χ3v) is 5.41. The zero-order valence-electron chi connectivity index (χ0n) is 18.8. The van der Waals surface area contributed by atoms with Crippen molar-refractivity contribution in [3.63, 3.8) is 0 Å². The van der Waals surface area contributed by atoms with Crippen molar-refractivity contribution in [2.75, 3.05) is 47.0 Å². The van der Waals surface area contributed by atoms with E-state index in [1.54, 1.807) is 32.4 Å². The SMILES string of the molecule is CCNC(=NCC(O)c1cc(OC)cc(OC)c1)N1CCOC(c2ccccc2C)C1. The summed E-state index contributed by atoms with van der Waals surface area (Å²) in [6.45, 7) is 7.20. The molecule has 2 aromatic carbocycles. The summed E-state index contributed by atoms with van der Waals surface area (Å²) < 4.78 is 16.7. The van der Waals surface area contributed by atoms with Crippen molar-refractivity contribution in [2.24, 2.45) is 4.99 Å². The topological polar surface area (TPSA) is 75.6 Å². The van der Waals surface area contributed by atoms with Crippen LogP contribution < -0.4 is 14.8 Å². The summed E-state index contributed by atoms with van der Waals surface area (Å²) in [6, 6.07) is 13.7. The van der Waals surface area contributed by atoms with E-state index in [2.05, 4.69) is 29.3 Å². The number of aliphatic hydroxyl groups is 1. The fourth-order valence-electron chi connectivity index (χ4n) is 3.70. The number of hydrogen-bond acceptors (Lipinski definition) is 5. The van der Waals surface area contributed by atoms with E-state index in [4.69, 9.17) is 19.2 Å². The molecule has 3 rings (SSSR count). The van der Waals surface area contributed by atoms with Gasteiger partial charge in [0, 0.05) is 19.2 Å². The van der Waals surface area contributed by atoms with E-state index in [9.17, 15) is 5.11 Å². The molecular formula is C24H33N3O4. The predicted octanol–water partition coefficient (Wildman–Crippen LogP) is 3.08. The van der Waals surface area contributed by atoms with Gasteiger partial charge >= 0.3 is 0 Å². The Morgan fingerprint density at radius 3 is 2.58 bits per heavy atom. The normalized spacial score (nSPS) is 17.9. The number of benzene rings is 2. The second-order valence-corrected chi connectivity index (χ2v) is 7.52. The summed E-state index contributed by atoms with van der Waals surface area (Å²) >= 11 is 0. The molecule has 0 radical (unpaired) electrons. The average Bonchev–Trinajstić information content (AvgIpc) is 2.81. The molecule has 1 aliphatic rings. The number of guanidine groups is 1. The van der Waals surface area contributed by atoms with Crippen LogP contribution in [0.2, 0.25) is 0 Å². The number of rotatable bonds is 7. The molecule has 2 N–H and O–H groups in total. The van der Waals surface area contributed by atoms with E-state index in [1.807, 2.05) is 19.1 Å². The highest BCUT2D eigenvalue weighted by Crippen LogP contribution is 2.27. The third kappa shape index (κ3) is 5.89. The minimum absolute atomic E-state index is 0.00799. The molecule has 0 aromatic heterocycles. The summed E-state index contributed by atoms with van der Waals surface area (Å²) in [7, 11) is 3.19. The second kappa shape index (κ2) is 11.0. The molecule has 0 saturated carbocycles. The summed E-state index contributed by atoms with van der Waals surface area (Å²) in [5.41, 5.74) is 3.13. The van der Waals surface area contributed by atoms with Crippen LogP contribution >= 0.6 is 0 Å². The first-order valence-electron chi connectivity index (χ1n) is 10.7. The van der Waals surface area contributed by atoms with E-state index in [0.29, 0.717) is 30.2 Å². The van der Waals surface area contributed by atoms with Crippen LogP contribution in [0.5, 0.6) is 11.5 Å². The number of ether oxygens (including phenoxy) is 3. The summed E-state index contributed by atoms with van der Waals surface area (Å²) in [4.78, 5) is 6.92. The minimum atomic E-state index is -0.772. The zero-order chi connectivity index (χ0) is 22.2. The lowest BCUT2D eigenvalue weighted by Gasteiger charge is -2.36. The Kier molecular flexibility index (Phi) is 8.14. The number of methoxy groups -OCH3 is 2. The number of morpholine rings is 1. The van der Waals surface area contributed by atoms with Crippen molar-refractivity contribution in [2.45, 2.75) is 26.1 Å². The van der Waals surface area contributed by atoms with Crippen molar-refractivity contribution in [1.29, 1.82) is 0 Å². The van der Waals surface area contributed by atoms with Gasteiger partial charge in [-0.05, 0) is 42.7 Å². The maximum absolute atomic E-state index is 10.8. The fraction of sp³-hybridized carbons (Fsp3) is 0.458. The number of nitrogens with zero attached hydrogens (tertiary/aromatic N) is 2. The van der Waals surface area contributed by atoms with Crippen LogP contribution in [0.15, 0.2) is 47.5 Å². The number of aliphatic imine (C=N–C) groups is 1. The quantitative estimate of drug-likeness (QED) is 0.523. The van der Waals surface area contributed by atoms with Crippen molar-refractivity contribution in [1.82, 2.24) is 10.2 Å². The van der Waals surface area contributed by atoms with Gasteiger partial charge in [0.05, 0.1) is 40.0 Å². The highest BCUT2D eigenvalue weighted by molar-refractivity contribution is 5.80. The highest BCUT2D eigenvalue weighted by atomic mass is 16.5. The van der Waals surface area contributed by atoms with Gasteiger partial charge in [-0.15, -0.1) is 0 Å². The Hall–Kier alpha value is -2.77. The van der Waals surface area contributed by atoms with Gasteiger partial charge in [-0.3, -0.25) is 4.99 Å². The molecule has 1 fully saturated rings. The van der Waals surface area contributed by atoms with Crippen LogP contribution in [-0.2, 0) is 4.74 Å². The van der Waals surface area contributed by atoms with Crippen molar-refractivity contribution in [3.05, 3.63) is 59.2 Å². The molecule has 168 valence electrons. The molecule has 7 nitrogen and oxygen atoms in total. The Morgan fingerprint density at radius 2 is 1.94 bits per heavy atom. The lowest BCUT2D eigenvalue weighted by Crippen LogP contribution is -2.48. The first kappa shape index (κ1) is 22.9. The molecule has 0 amide bonds. The van der Waals surface area contributed by atoms with E-state index < -0.39 is 6.10 Å². The van der Waals surface area contributed by atoms with Gasteiger partial charge in [-0.25, -0.2) is 0 Å². The molecular weight excluding hydrogens is 394 g/mol. The molecule has 31 heavy (non-hydrogen) atoms. The van der Waals surface area contributed by atoms with Crippen molar-refractivity contribution < 1.29 is 19.3 Å². The first-order valence-corrected chi connectivity index (χ1v) is 10.7. The van der Waals surface area contributed by atoms with E-state index in [0.717, 1.165) is 19.0 Å². The van der Waals surface area contributed by atoms with Crippen LogP contribution in [0.25, 0.3) is 0 Å². The Balaban J connectivity index is 1.74. The average molecular weight is 428 g/mol. The van der Waals surface area contributed by atoms with Crippen LogP contribution in [0.3, 0.4) is 0 Å². The van der Waals surface area contributed by atoms with Crippen LogP contribution in [0.4, 0.5) is 0 Å². The number of aryl methyl sites for hydroxylation is 1. The smallest absolute Gasteiger partial charge is 0.194 e. The Bertz CT molecular complexity index is 865. The number of hydrogen-bond donors (Lipinski definition) is 2. The molecule has 1 aliphatic heterocycles. The van der Waals surface area contributed by atoms with Gasteiger partial charge in [-0.2, -0.15) is 0 Å². The summed E-state index contributed by atoms with van der Waals surface area (Å²) in [5, 5.41) is 14.1. The standard InChI is InChI=1S/C24H33N3O4/c1-5-25-24(26-15-22(28)18-12-19(29-3)14-20(13-18)30-4)27-10-11-31-23(16-27)21-9-7-6-8-17(21)2/h6-9,12-14,22-23,28H,5,10-11,15-16H2,1-4H3,(H,25,26). The minimum Gasteiger partial charge on any atom is -0.497 e. The third-order valence-electron chi connectivity index (χ3n) is 5.41. The maximum atomic E-state index is 10.8. The molecule has 2 unspecified atom stereocenters. The molecule has 7 heteroatoms. The zero-order valence-corrected chi connectivity index (χ0v) is 18.8. The molecule has 0 bridgehead atoms. The van der Waals surface area contributed by atoms with Gasteiger partial charge in [0.1, 0.15) is 17.6 Å². The van der Waals surface area contributed by atoms with Gasteiger partial charge in [0.25, 0.3) is 0 Å². The van der Waals surface area contributed by atoms with Crippen molar-refractivity contribution in [3.8, 4) is 11.5 Å². The molecule has 0 aliphatic carbocycles. The van der Waals surface area contributed by atoms with Crippen molar-refractivity contribution >= 4 is 5.96 Å². The first-order chi connectivity index (χ1) is 15.0. The monoisotopic (exact) mass is 427 g/mol. The predicted molar refractivity (Wildman–Crippen MR) is 122 cm³/mol. The molecule has 1 saturated heterocycles. The van der Waals surface area contributed by atoms with Gasteiger partial charge < -0.3 is 29.5 Å². The van der Waals surface area contributed by atoms with E-state index in [-0.39, 0.29) is 12.6 Å². The molecule has 2 atom stereocenters. The molecule has 1 heterocycles. The Labute approximate surface area is 184 Å². The maximum Gasteiger partial charge on any atom is 0.194 e. The summed E-state index contributed by atoms with van der Waals surface area (Å²) in [6.07, 6.45) is -0.780. The number of nitrogens with one attached hydrogen (secondary N) is 1. The highest BCUT2D eigenvalue weighted by Gasteiger charge is 2.25. The lowest BCUT2D eigenvalue weighted by molar-refractivity contribution is -0.00839.